The summed E-state index contributed by atoms with van der Waals surface area (Å²) in [7, 11) is 1.28. The molecule has 7 heteroatoms. The van der Waals surface area contributed by atoms with Gasteiger partial charge in [-0.15, -0.1) is 5.91 Å². The third-order valence-electron chi connectivity index (χ3n) is 2.28. The zero-order valence-electron chi connectivity index (χ0n) is 9.67. The molecule has 0 aliphatic carbocycles. The number of carboxylic acids is 1. The fourth-order valence-corrected chi connectivity index (χ4v) is 1.40. The molecule has 0 aromatic heterocycles. The number of methoxy groups -OCH3 is 1. The van der Waals surface area contributed by atoms with Crippen molar-refractivity contribution in [2.45, 2.75) is 5.91 Å². The molecule has 3 N–H and O–H groups in total. The number of carbonyl (C=O) groups is 1. The number of hydrogen-bond donors (Lipinski definition) is 3. The SMILES string of the molecule is COc1ccc(C([O-])([O-])NCCO)cc1C(=O)O. The maximum Gasteiger partial charge on any atom is 0.339 e. The Morgan fingerprint density at radius 3 is 2.67 bits per heavy atom. The van der Waals surface area contributed by atoms with Crippen LogP contribution in [-0.2, 0) is 5.91 Å². The number of benzene rings is 1. The Hall–Kier alpha value is -1.67. The van der Waals surface area contributed by atoms with Crippen LogP contribution in [0.5, 0.6) is 5.75 Å². The lowest BCUT2D eigenvalue weighted by molar-refractivity contribution is -0.744. The van der Waals surface area contributed by atoms with Crippen molar-refractivity contribution in [3.05, 3.63) is 29.3 Å². The third-order valence-corrected chi connectivity index (χ3v) is 2.28. The molecule has 0 saturated carbocycles. The van der Waals surface area contributed by atoms with Gasteiger partial charge in [0.25, 0.3) is 0 Å². The largest absolute Gasteiger partial charge is 0.848 e. The van der Waals surface area contributed by atoms with Gasteiger partial charge >= 0.3 is 5.97 Å². The van der Waals surface area contributed by atoms with Crippen molar-refractivity contribution in [3.63, 3.8) is 0 Å². The molecule has 1 aromatic carbocycles. The first-order chi connectivity index (χ1) is 8.42. The number of rotatable bonds is 6. The predicted octanol–water partition coefficient (Wildman–Crippen LogP) is -2.19. The molecule has 7 nitrogen and oxygen atoms in total. The molecule has 1 rings (SSSR count). The monoisotopic (exact) mass is 255 g/mol. The molecule has 100 valence electrons. The number of aliphatic hydroxyl groups excluding tert-OH is 1. The number of ether oxygens (including phenoxy) is 1. The molecule has 0 saturated heterocycles. The van der Waals surface area contributed by atoms with E-state index < -0.39 is 11.9 Å². The van der Waals surface area contributed by atoms with Crippen LogP contribution < -0.4 is 20.3 Å². The van der Waals surface area contributed by atoms with Gasteiger partial charge in [-0.1, -0.05) is 11.6 Å². The second-order valence-corrected chi connectivity index (χ2v) is 3.49. The molecule has 0 aliphatic heterocycles. The van der Waals surface area contributed by atoms with Gasteiger partial charge in [0.2, 0.25) is 0 Å². The van der Waals surface area contributed by atoms with Gasteiger partial charge in [-0.05, 0) is 12.1 Å². The molecule has 0 atom stereocenters. The van der Waals surface area contributed by atoms with Crippen molar-refractivity contribution >= 4 is 5.97 Å². The van der Waals surface area contributed by atoms with Crippen LogP contribution in [0.15, 0.2) is 18.2 Å². The number of carboxylic acid groups (broad SMARTS) is 1. The van der Waals surface area contributed by atoms with Crippen molar-refractivity contribution in [3.8, 4) is 5.75 Å². The summed E-state index contributed by atoms with van der Waals surface area (Å²) in [6.07, 6.45) is 0. The average Bonchev–Trinajstić information content (AvgIpc) is 2.35. The fourth-order valence-electron chi connectivity index (χ4n) is 1.40. The molecular formula is C11H13NO6-2. The maximum absolute atomic E-state index is 11.6. The predicted molar refractivity (Wildman–Crippen MR) is 56.7 cm³/mol. The summed E-state index contributed by atoms with van der Waals surface area (Å²) in [5.41, 5.74) is -0.550. The normalized spacial score (nSPS) is 11.3. The maximum atomic E-state index is 11.6. The van der Waals surface area contributed by atoms with Crippen molar-refractivity contribution < 1.29 is 30.0 Å². The van der Waals surface area contributed by atoms with Crippen LogP contribution in [0.4, 0.5) is 0 Å². The van der Waals surface area contributed by atoms with Gasteiger partial charge in [-0.25, -0.2) is 4.79 Å². The second kappa shape index (κ2) is 5.78. The van der Waals surface area contributed by atoms with Crippen molar-refractivity contribution in [1.29, 1.82) is 0 Å². The average molecular weight is 255 g/mol. The molecule has 18 heavy (non-hydrogen) atoms. The van der Waals surface area contributed by atoms with Crippen LogP contribution in [0.1, 0.15) is 15.9 Å². The Labute approximate surface area is 103 Å². The van der Waals surface area contributed by atoms with Crippen LogP contribution in [0.25, 0.3) is 0 Å². The van der Waals surface area contributed by atoms with Gasteiger partial charge in [-0.2, -0.15) is 0 Å². The van der Waals surface area contributed by atoms with E-state index in [1.165, 1.54) is 19.2 Å². The van der Waals surface area contributed by atoms with Crippen molar-refractivity contribution in [2.75, 3.05) is 20.3 Å². The summed E-state index contributed by atoms with van der Waals surface area (Å²) in [5.74, 6) is -4.16. The van der Waals surface area contributed by atoms with Crippen LogP contribution in [0.2, 0.25) is 0 Å². The van der Waals surface area contributed by atoms with E-state index in [-0.39, 0.29) is 30.0 Å². The van der Waals surface area contributed by atoms with E-state index in [1.807, 2.05) is 5.32 Å². The summed E-state index contributed by atoms with van der Waals surface area (Å²) >= 11 is 0. The van der Waals surface area contributed by atoms with Gasteiger partial charge in [0, 0.05) is 6.54 Å². The Kier molecular flexibility index (Phi) is 4.62. The number of aromatic carboxylic acids is 1. The van der Waals surface area contributed by atoms with E-state index in [1.54, 1.807) is 0 Å². The number of aliphatic hydroxyl groups is 1. The highest BCUT2D eigenvalue weighted by atomic mass is 16.5. The van der Waals surface area contributed by atoms with Gasteiger partial charge in [0.1, 0.15) is 11.3 Å². The first kappa shape index (κ1) is 14.4. The molecule has 0 unspecified atom stereocenters. The lowest BCUT2D eigenvalue weighted by atomic mass is 10.1. The summed E-state index contributed by atoms with van der Waals surface area (Å²) in [6, 6.07) is 3.39. The Morgan fingerprint density at radius 2 is 2.17 bits per heavy atom. The molecule has 0 amide bonds. The molecule has 0 heterocycles. The van der Waals surface area contributed by atoms with E-state index in [0.717, 1.165) is 6.07 Å². The van der Waals surface area contributed by atoms with Gasteiger partial charge < -0.3 is 30.5 Å². The quantitative estimate of drug-likeness (QED) is 0.493. The minimum absolute atomic E-state index is 0.0595. The van der Waals surface area contributed by atoms with Gasteiger partial charge in [-0.3, -0.25) is 0 Å². The Bertz CT molecular complexity index is 432. The van der Waals surface area contributed by atoms with Crippen LogP contribution in [-0.4, -0.2) is 36.4 Å². The highest BCUT2D eigenvalue weighted by Gasteiger charge is 2.14. The lowest BCUT2D eigenvalue weighted by Crippen LogP contribution is -2.63. The molecule has 0 spiro atoms. The smallest absolute Gasteiger partial charge is 0.339 e. The summed E-state index contributed by atoms with van der Waals surface area (Å²) < 4.78 is 4.81. The summed E-state index contributed by atoms with van der Waals surface area (Å²) in [5, 5.41) is 42.8. The van der Waals surface area contributed by atoms with E-state index >= 15 is 0 Å². The molecule has 0 aliphatic rings. The molecule has 0 bridgehead atoms. The van der Waals surface area contributed by atoms with E-state index in [2.05, 4.69) is 0 Å². The number of nitrogens with one attached hydrogen (secondary N) is 1. The minimum atomic E-state index is -2.92. The van der Waals surface area contributed by atoms with E-state index in [4.69, 9.17) is 14.9 Å². The summed E-state index contributed by atoms with van der Waals surface area (Å²) in [6.45, 7) is -0.546. The Morgan fingerprint density at radius 1 is 1.50 bits per heavy atom. The van der Waals surface area contributed by atoms with Crippen LogP contribution >= 0.6 is 0 Å². The Balaban J connectivity index is 3.11. The fraction of sp³-hybridized carbons (Fsp3) is 0.364. The molecule has 1 aromatic rings. The first-order valence-corrected chi connectivity index (χ1v) is 5.11. The van der Waals surface area contributed by atoms with Crippen molar-refractivity contribution in [1.82, 2.24) is 5.32 Å². The minimum Gasteiger partial charge on any atom is -0.848 e. The highest BCUT2D eigenvalue weighted by molar-refractivity contribution is 5.91. The molecular weight excluding hydrogens is 242 g/mol. The zero-order valence-corrected chi connectivity index (χ0v) is 9.67. The molecule has 0 fully saturated rings. The first-order valence-electron chi connectivity index (χ1n) is 5.11. The molecule has 0 radical (unpaired) electrons. The lowest BCUT2D eigenvalue weighted by Gasteiger charge is -2.50. The van der Waals surface area contributed by atoms with Gasteiger partial charge in [0.15, 0.2) is 0 Å². The zero-order chi connectivity index (χ0) is 13.8. The van der Waals surface area contributed by atoms with Gasteiger partial charge in [0.05, 0.1) is 13.7 Å². The van der Waals surface area contributed by atoms with Crippen LogP contribution in [0, 0.1) is 0 Å². The standard InChI is InChI=1S/C11H13NO6/c1-18-9-3-2-7(6-8(9)10(14)15)11(16,17)12-4-5-13/h2-3,6,12-13H,4-5H2,1H3,(H,14,15)/q-2. The van der Waals surface area contributed by atoms with Crippen LogP contribution in [0.3, 0.4) is 0 Å². The van der Waals surface area contributed by atoms with E-state index in [0.29, 0.717) is 0 Å². The third kappa shape index (κ3) is 3.17. The van der Waals surface area contributed by atoms with E-state index in [9.17, 15) is 15.0 Å². The topological polar surface area (TPSA) is 125 Å². The highest BCUT2D eigenvalue weighted by Crippen LogP contribution is 2.22. The van der Waals surface area contributed by atoms with Crippen molar-refractivity contribution in [2.24, 2.45) is 0 Å². The second-order valence-electron chi connectivity index (χ2n) is 3.49. The number of hydrogen-bond acceptors (Lipinski definition) is 6. The summed E-state index contributed by atoms with van der Waals surface area (Å²) in [4.78, 5) is 10.9.